The molecule has 0 aliphatic rings. The lowest BCUT2D eigenvalue weighted by molar-refractivity contribution is 0.211. The van der Waals surface area contributed by atoms with E-state index in [1.54, 1.807) is 36.5 Å². The van der Waals surface area contributed by atoms with Crippen LogP contribution in [0.2, 0.25) is 0 Å². The molecule has 2 aromatic rings. The molecular formula is C11H9N3O2. The van der Waals surface area contributed by atoms with Crippen molar-refractivity contribution in [2.75, 3.05) is 0 Å². The molecule has 1 amide bonds. The summed E-state index contributed by atoms with van der Waals surface area (Å²) in [5, 5.41) is 0. The standard InChI is InChI=1S/C11H9N3O2/c12-11(15)16-9-3-1-8(2-4-9)10-5-6-13-7-14-10/h1-7H,(H2,12,15). The summed E-state index contributed by atoms with van der Waals surface area (Å²) < 4.78 is 4.71. The van der Waals surface area contributed by atoms with Gasteiger partial charge in [0.1, 0.15) is 12.1 Å². The molecule has 0 unspecified atom stereocenters. The highest BCUT2D eigenvalue weighted by Crippen LogP contribution is 2.19. The summed E-state index contributed by atoms with van der Waals surface area (Å²) in [4.78, 5) is 18.4. The largest absolute Gasteiger partial charge is 0.411 e. The Kier molecular flexibility index (Phi) is 2.77. The number of ether oxygens (including phenoxy) is 1. The molecule has 2 rings (SSSR count). The van der Waals surface area contributed by atoms with Gasteiger partial charge in [0.15, 0.2) is 0 Å². The van der Waals surface area contributed by atoms with Crippen LogP contribution in [-0.4, -0.2) is 16.1 Å². The van der Waals surface area contributed by atoms with Gasteiger partial charge < -0.3 is 10.5 Å². The number of nitrogens with two attached hydrogens (primary N) is 1. The van der Waals surface area contributed by atoms with E-state index in [-0.39, 0.29) is 0 Å². The number of benzene rings is 1. The van der Waals surface area contributed by atoms with Crippen molar-refractivity contribution < 1.29 is 9.53 Å². The number of amides is 1. The van der Waals surface area contributed by atoms with Gasteiger partial charge in [-0.05, 0) is 30.3 Å². The van der Waals surface area contributed by atoms with Gasteiger partial charge in [-0.15, -0.1) is 0 Å². The topological polar surface area (TPSA) is 78.1 Å². The zero-order valence-electron chi connectivity index (χ0n) is 8.33. The number of carbonyl (C=O) groups is 1. The molecule has 0 fully saturated rings. The Bertz CT molecular complexity index is 482. The first-order valence-electron chi connectivity index (χ1n) is 4.59. The summed E-state index contributed by atoms with van der Waals surface area (Å²) in [6, 6.07) is 8.69. The first-order chi connectivity index (χ1) is 7.75. The third kappa shape index (κ3) is 2.33. The SMILES string of the molecule is NC(=O)Oc1ccc(-c2ccncn2)cc1. The second-order valence-corrected chi connectivity index (χ2v) is 3.04. The van der Waals surface area contributed by atoms with Gasteiger partial charge in [0, 0.05) is 11.8 Å². The van der Waals surface area contributed by atoms with Gasteiger partial charge in [-0.25, -0.2) is 14.8 Å². The molecule has 0 aliphatic heterocycles. The predicted octanol–water partition coefficient (Wildman–Crippen LogP) is 1.60. The first-order valence-corrected chi connectivity index (χ1v) is 4.59. The minimum atomic E-state index is -0.824. The molecule has 0 spiro atoms. The molecule has 5 heteroatoms. The first kappa shape index (κ1) is 10.1. The third-order valence-electron chi connectivity index (χ3n) is 1.95. The average Bonchev–Trinajstić information content (AvgIpc) is 2.30. The van der Waals surface area contributed by atoms with Crippen LogP contribution in [0.5, 0.6) is 5.75 Å². The lowest BCUT2D eigenvalue weighted by Gasteiger charge is -2.02. The molecule has 0 saturated carbocycles. The quantitative estimate of drug-likeness (QED) is 0.825. The van der Waals surface area contributed by atoms with Crippen molar-refractivity contribution in [1.29, 1.82) is 0 Å². The maximum Gasteiger partial charge on any atom is 0.409 e. The van der Waals surface area contributed by atoms with Crippen molar-refractivity contribution in [2.24, 2.45) is 5.73 Å². The number of hydrogen-bond donors (Lipinski definition) is 1. The van der Waals surface area contributed by atoms with Gasteiger partial charge in [0.2, 0.25) is 0 Å². The Morgan fingerprint density at radius 1 is 1.19 bits per heavy atom. The van der Waals surface area contributed by atoms with Gasteiger partial charge in [-0.2, -0.15) is 0 Å². The number of aromatic nitrogens is 2. The Morgan fingerprint density at radius 3 is 2.50 bits per heavy atom. The van der Waals surface area contributed by atoms with E-state index in [9.17, 15) is 4.79 Å². The van der Waals surface area contributed by atoms with Crippen LogP contribution >= 0.6 is 0 Å². The Morgan fingerprint density at radius 2 is 1.94 bits per heavy atom. The van der Waals surface area contributed by atoms with Crippen molar-refractivity contribution in [3.8, 4) is 17.0 Å². The van der Waals surface area contributed by atoms with Crippen LogP contribution in [0.15, 0.2) is 42.9 Å². The molecule has 2 N–H and O–H groups in total. The summed E-state index contributed by atoms with van der Waals surface area (Å²) in [5.74, 6) is 0.408. The fourth-order valence-electron chi connectivity index (χ4n) is 1.27. The van der Waals surface area contributed by atoms with Crippen molar-refractivity contribution >= 4 is 6.09 Å². The van der Waals surface area contributed by atoms with E-state index in [0.29, 0.717) is 5.75 Å². The van der Waals surface area contributed by atoms with Crippen LogP contribution in [0.25, 0.3) is 11.3 Å². The van der Waals surface area contributed by atoms with E-state index >= 15 is 0 Å². The van der Waals surface area contributed by atoms with Gasteiger partial charge in [0.25, 0.3) is 0 Å². The summed E-state index contributed by atoms with van der Waals surface area (Å²) in [6.07, 6.45) is 2.31. The van der Waals surface area contributed by atoms with Crippen molar-refractivity contribution in [3.05, 3.63) is 42.9 Å². The lowest BCUT2D eigenvalue weighted by atomic mass is 10.1. The summed E-state index contributed by atoms with van der Waals surface area (Å²) in [5.41, 5.74) is 6.61. The maximum atomic E-state index is 10.5. The zero-order valence-corrected chi connectivity index (χ0v) is 8.33. The van der Waals surface area contributed by atoms with Gasteiger partial charge >= 0.3 is 6.09 Å². The van der Waals surface area contributed by atoms with Crippen molar-refractivity contribution in [1.82, 2.24) is 9.97 Å². The Hall–Kier alpha value is -2.43. The van der Waals surface area contributed by atoms with Gasteiger partial charge in [-0.1, -0.05) is 0 Å². The molecule has 1 aromatic carbocycles. The highest BCUT2D eigenvalue weighted by atomic mass is 16.5. The smallest absolute Gasteiger partial charge is 0.409 e. The van der Waals surface area contributed by atoms with E-state index in [2.05, 4.69) is 9.97 Å². The average molecular weight is 215 g/mol. The van der Waals surface area contributed by atoms with E-state index in [0.717, 1.165) is 11.3 Å². The van der Waals surface area contributed by atoms with Gasteiger partial charge in [0.05, 0.1) is 5.69 Å². The van der Waals surface area contributed by atoms with Crippen molar-refractivity contribution in [3.63, 3.8) is 0 Å². The number of primary amides is 1. The van der Waals surface area contributed by atoms with Crippen LogP contribution in [0.1, 0.15) is 0 Å². The van der Waals surface area contributed by atoms with E-state index in [4.69, 9.17) is 10.5 Å². The molecule has 0 saturated heterocycles. The summed E-state index contributed by atoms with van der Waals surface area (Å²) in [7, 11) is 0. The highest BCUT2D eigenvalue weighted by molar-refractivity contribution is 5.68. The minimum Gasteiger partial charge on any atom is -0.411 e. The third-order valence-corrected chi connectivity index (χ3v) is 1.95. The number of carbonyl (C=O) groups excluding carboxylic acids is 1. The minimum absolute atomic E-state index is 0.408. The molecule has 80 valence electrons. The fraction of sp³-hybridized carbons (Fsp3) is 0. The van der Waals surface area contributed by atoms with Crippen LogP contribution in [-0.2, 0) is 0 Å². The number of rotatable bonds is 2. The molecule has 0 atom stereocenters. The maximum absolute atomic E-state index is 10.5. The Labute approximate surface area is 91.9 Å². The zero-order chi connectivity index (χ0) is 11.4. The van der Waals surface area contributed by atoms with Gasteiger partial charge in [-0.3, -0.25) is 0 Å². The summed E-state index contributed by atoms with van der Waals surface area (Å²) >= 11 is 0. The van der Waals surface area contributed by atoms with Crippen LogP contribution < -0.4 is 10.5 Å². The van der Waals surface area contributed by atoms with E-state index in [1.807, 2.05) is 0 Å². The highest BCUT2D eigenvalue weighted by Gasteiger charge is 2.01. The molecule has 0 aliphatic carbocycles. The van der Waals surface area contributed by atoms with Crippen molar-refractivity contribution in [2.45, 2.75) is 0 Å². The lowest BCUT2D eigenvalue weighted by Crippen LogP contribution is -2.16. The van der Waals surface area contributed by atoms with Crippen LogP contribution in [0, 0.1) is 0 Å². The second-order valence-electron chi connectivity index (χ2n) is 3.04. The Balaban J connectivity index is 2.23. The molecule has 16 heavy (non-hydrogen) atoms. The van der Waals surface area contributed by atoms with Crippen LogP contribution in [0.4, 0.5) is 4.79 Å². The molecule has 5 nitrogen and oxygen atoms in total. The molecule has 0 radical (unpaired) electrons. The molecular weight excluding hydrogens is 206 g/mol. The molecule has 1 heterocycles. The molecule has 0 bridgehead atoms. The van der Waals surface area contributed by atoms with E-state index in [1.165, 1.54) is 6.33 Å². The normalized spacial score (nSPS) is 9.75. The fourth-order valence-corrected chi connectivity index (χ4v) is 1.27. The summed E-state index contributed by atoms with van der Waals surface area (Å²) in [6.45, 7) is 0. The predicted molar refractivity (Wildman–Crippen MR) is 57.7 cm³/mol. The van der Waals surface area contributed by atoms with Crippen LogP contribution in [0.3, 0.4) is 0 Å². The van der Waals surface area contributed by atoms with E-state index < -0.39 is 6.09 Å². The molecule has 1 aromatic heterocycles. The monoisotopic (exact) mass is 215 g/mol. The number of nitrogens with zero attached hydrogens (tertiary/aromatic N) is 2. The number of hydrogen-bond acceptors (Lipinski definition) is 4. The second kappa shape index (κ2) is 4.39.